The molecule has 1 aliphatic heterocycles. The van der Waals surface area contributed by atoms with Crippen molar-refractivity contribution in [2.75, 3.05) is 16.8 Å². The number of hydrogen-bond donors (Lipinski definition) is 1. The van der Waals surface area contributed by atoms with Crippen LogP contribution in [0.3, 0.4) is 0 Å². The molecule has 0 aliphatic carbocycles. The highest BCUT2D eigenvalue weighted by Crippen LogP contribution is 2.38. The molecule has 0 saturated carbocycles. The first-order valence-electron chi connectivity index (χ1n) is 10.6. The molecule has 1 N–H and O–H groups in total. The van der Waals surface area contributed by atoms with E-state index in [4.69, 9.17) is 28.6 Å². The highest BCUT2D eigenvalue weighted by molar-refractivity contribution is 9.11. The van der Waals surface area contributed by atoms with Gasteiger partial charge in [-0.2, -0.15) is 0 Å². The Morgan fingerprint density at radius 1 is 1.08 bits per heavy atom. The van der Waals surface area contributed by atoms with E-state index in [1.54, 1.807) is 36.4 Å². The lowest BCUT2D eigenvalue weighted by Crippen LogP contribution is -2.27. The van der Waals surface area contributed by atoms with Gasteiger partial charge in [-0.05, 0) is 111 Å². The Balaban J connectivity index is 1.38. The number of carbonyl (C=O) groups excluding carboxylic acids is 2. The third kappa shape index (κ3) is 6.20. The Labute approximate surface area is 240 Å². The van der Waals surface area contributed by atoms with Crippen LogP contribution in [0.4, 0.5) is 11.4 Å². The van der Waals surface area contributed by atoms with E-state index in [2.05, 4.69) is 37.2 Å². The van der Waals surface area contributed by atoms with Gasteiger partial charge in [-0.25, -0.2) is 0 Å². The molecule has 10 heteroatoms. The standard InChI is InChI=1S/C26H19Br2ClN2O3S2/c1-14-9-20(28)22(10-15(14)2)30-24(32)13-34-18-6-3-16(4-7-18)11-23-25(33)31(26(35)36-23)17-5-8-19(27)21(29)12-17/h3-12H,13H2,1-2H3,(H,30,32)/b23-11+. The maximum Gasteiger partial charge on any atom is 0.270 e. The van der Waals surface area contributed by atoms with Gasteiger partial charge in [0.2, 0.25) is 0 Å². The molecule has 0 atom stereocenters. The molecular weight excluding hydrogens is 648 g/mol. The van der Waals surface area contributed by atoms with Gasteiger partial charge in [0.25, 0.3) is 11.8 Å². The monoisotopic (exact) mass is 664 g/mol. The van der Waals surface area contributed by atoms with Crippen molar-refractivity contribution in [1.82, 2.24) is 0 Å². The zero-order valence-corrected chi connectivity index (χ0v) is 24.7. The first-order valence-corrected chi connectivity index (χ1v) is 13.8. The van der Waals surface area contributed by atoms with Crippen LogP contribution < -0.4 is 15.0 Å². The predicted molar refractivity (Wildman–Crippen MR) is 159 cm³/mol. The third-order valence-electron chi connectivity index (χ3n) is 5.36. The van der Waals surface area contributed by atoms with E-state index < -0.39 is 0 Å². The second-order valence-corrected chi connectivity index (χ2v) is 11.7. The molecule has 1 fully saturated rings. The van der Waals surface area contributed by atoms with Crippen molar-refractivity contribution in [2.45, 2.75) is 13.8 Å². The number of carbonyl (C=O) groups is 2. The van der Waals surface area contributed by atoms with Crippen molar-refractivity contribution in [2.24, 2.45) is 0 Å². The summed E-state index contributed by atoms with van der Waals surface area (Å²) in [6.07, 6.45) is 1.77. The second kappa shape index (κ2) is 11.5. The SMILES string of the molecule is Cc1cc(Br)c(NC(=O)COc2ccc(/C=C3/SC(=S)N(c4ccc(Br)c(Cl)c4)C3=O)cc2)cc1C. The summed E-state index contributed by atoms with van der Waals surface area (Å²) in [6.45, 7) is 3.87. The Kier molecular flexibility index (Phi) is 8.57. The summed E-state index contributed by atoms with van der Waals surface area (Å²) in [4.78, 5) is 27.3. The van der Waals surface area contributed by atoms with Gasteiger partial charge in [0.05, 0.1) is 21.3 Å². The van der Waals surface area contributed by atoms with Gasteiger partial charge in [-0.3, -0.25) is 14.5 Å². The van der Waals surface area contributed by atoms with Crippen molar-refractivity contribution >= 4 is 101 Å². The van der Waals surface area contributed by atoms with Crippen molar-refractivity contribution in [3.8, 4) is 5.75 Å². The maximum atomic E-state index is 13.0. The minimum Gasteiger partial charge on any atom is -0.484 e. The zero-order valence-electron chi connectivity index (χ0n) is 19.1. The fourth-order valence-corrected chi connectivity index (χ4v) is 5.62. The lowest BCUT2D eigenvalue weighted by molar-refractivity contribution is -0.118. The normalized spacial score (nSPS) is 14.5. The van der Waals surface area contributed by atoms with Crippen LogP contribution in [0.2, 0.25) is 5.02 Å². The third-order valence-corrected chi connectivity index (χ3v) is 8.55. The number of anilines is 2. The number of halogens is 3. The Hall–Kier alpha value is -2.17. The van der Waals surface area contributed by atoms with Gasteiger partial charge in [0, 0.05) is 8.95 Å². The van der Waals surface area contributed by atoms with Crippen LogP contribution >= 0.6 is 67.4 Å². The first kappa shape index (κ1) is 26.9. The van der Waals surface area contributed by atoms with Gasteiger partial charge >= 0.3 is 0 Å². The molecule has 3 aromatic rings. The highest BCUT2D eigenvalue weighted by atomic mass is 79.9. The van der Waals surface area contributed by atoms with Gasteiger partial charge in [0.15, 0.2) is 10.9 Å². The van der Waals surface area contributed by atoms with E-state index in [-0.39, 0.29) is 18.4 Å². The minimum atomic E-state index is -0.264. The van der Waals surface area contributed by atoms with Crippen molar-refractivity contribution in [3.63, 3.8) is 0 Å². The van der Waals surface area contributed by atoms with E-state index in [9.17, 15) is 9.59 Å². The average Bonchev–Trinajstić information content (AvgIpc) is 3.11. The maximum absolute atomic E-state index is 13.0. The summed E-state index contributed by atoms with van der Waals surface area (Å²) in [5.74, 6) is 0.0659. The molecule has 5 nitrogen and oxygen atoms in total. The largest absolute Gasteiger partial charge is 0.484 e. The Morgan fingerprint density at radius 3 is 2.47 bits per heavy atom. The molecular formula is C26H19Br2ClN2O3S2. The number of amides is 2. The Morgan fingerprint density at radius 2 is 1.78 bits per heavy atom. The second-order valence-electron chi connectivity index (χ2n) is 7.94. The van der Waals surface area contributed by atoms with Crippen LogP contribution in [0.15, 0.2) is 68.4 Å². The molecule has 36 heavy (non-hydrogen) atoms. The first-order chi connectivity index (χ1) is 17.1. The van der Waals surface area contributed by atoms with Gasteiger partial charge in [-0.15, -0.1) is 0 Å². The number of nitrogens with zero attached hydrogens (tertiary/aromatic N) is 1. The number of nitrogens with one attached hydrogen (secondary N) is 1. The fourth-order valence-electron chi connectivity index (χ4n) is 3.34. The molecule has 0 radical (unpaired) electrons. The lowest BCUT2D eigenvalue weighted by Gasteiger charge is -2.15. The number of hydrogen-bond acceptors (Lipinski definition) is 5. The van der Waals surface area contributed by atoms with Crippen molar-refractivity contribution < 1.29 is 14.3 Å². The van der Waals surface area contributed by atoms with Crippen molar-refractivity contribution in [1.29, 1.82) is 0 Å². The van der Waals surface area contributed by atoms with E-state index >= 15 is 0 Å². The predicted octanol–water partition coefficient (Wildman–Crippen LogP) is 7.91. The number of aryl methyl sites for hydroxylation is 2. The van der Waals surface area contributed by atoms with Gasteiger partial charge < -0.3 is 10.1 Å². The molecule has 0 aromatic heterocycles. The molecule has 1 saturated heterocycles. The number of thiocarbonyl (C=S) groups is 1. The topological polar surface area (TPSA) is 58.6 Å². The van der Waals surface area contributed by atoms with Gasteiger partial charge in [0.1, 0.15) is 5.75 Å². The summed E-state index contributed by atoms with van der Waals surface area (Å²) in [7, 11) is 0. The van der Waals surface area contributed by atoms with Crippen LogP contribution in [0, 0.1) is 13.8 Å². The van der Waals surface area contributed by atoms with E-state index in [0.717, 1.165) is 25.6 Å². The molecule has 1 heterocycles. The molecule has 184 valence electrons. The summed E-state index contributed by atoms with van der Waals surface area (Å²) < 4.78 is 7.62. The molecule has 0 spiro atoms. The molecule has 0 unspecified atom stereocenters. The smallest absolute Gasteiger partial charge is 0.270 e. The zero-order chi connectivity index (χ0) is 26.0. The van der Waals surface area contributed by atoms with Crippen LogP contribution in [0.5, 0.6) is 5.75 Å². The van der Waals surface area contributed by atoms with E-state index in [0.29, 0.717) is 31.4 Å². The van der Waals surface area contributed by atoms with Crippen LogP contribution in [-0.4, -0.2) is 22.7 Å². The number of thioether (sulfide) groups is 1. The fraction of sp³-hybridized carbons (Fsp3) is 0.115. The van der Waals surface area contributed by atoms with Crippen molar-refractivity contribution in [3.05, 3.63) is 90.2 Å². The quantitative estimate of drug-likeness (QED) is 0.214. The minimum absolute atomic E-state index is 0.132. The summed E-state index contributed by atoms with van der Waals surface area (Å²) in [5.41, 5.74) is 4.34. The number of benzene rings is 3. The molecule has 4 rings (SSSR count). The molecule has 2 amide bonds. The van der Waals surface area contributed by atoms with Crippen LogP contribution in [0.25, 0.3) is 6.08 Å². The summed E-state index contributed by atoms with van der Waals surface area (Å²) >= 11 is 19.7. The Bertz CT molecular complexity index is 1410. The molecule has 3 aromatic carbocycles. The number of rotatable bonds is 6. The van der Waals surface area contributed by atoms with E-state index in [1.807, 2.05) is 38.1 Å². The highest BCUT2D eigenvalue weighted by Gasteiger charge is 2.33. The number of ether oxygens (including phenoxy) is 1. The van der Waals surface area contributed by atoms with E-state index in [1.165, 1.54) is 16.7 Å². The summed E-state index contributed by atoms with van der Waals surface area (Å²) in [6, 6.07) is 16.3. The molecule has 1 aliphatic rings. The summed E-state index contributed by atoms with van der Waals surface area (Å²) in [5, 5.41) is 3.35. The lowest BCUT2D eigenvalue weighted by atomic mass is 10.1. The van der Waals surface area contributed by atoms with Crippen LogP contribution in [-0.2, 0) is 9.59 Å². The van der Waals surface area contributed by atoms with Gasteiger partial charge in [-0.1, -0.05) is 47.7 Å². The molecule has 0 bridgehead atoms. The average molecular weight is 667 g/mol. The van der Waals surface area contributed by atoms with Crippen LogP contribution in [0.1, 0.15) is 16.7 Å².